The van der Waals surface area contributed by atoms with Crippen LogP contribution in [0.1, 0.15) is 18.6 Å². The van der Waals surface area contributed by atoms with E-state index < -0.39 is 10.0 Å². The average Bonchev–Trinajstić information content (AvgIpc) is 2.94. The van der Waals surface area contributed by atoms with Crippen LogP contribution in [0.3, 0.4) is 0 Å². The number of thioether (sulfide) groups is 1. The van der Waals surface area contributed by atoms with Gasteiger partial charge in [0.05, 0.1) is 13.2 Å². The summed E-state index contributed by atoms with van der Waals surface area (Å²) in [6.45, 7) is 1.78. The molecule has 2 heterocycles. The third-order valence-corrected chi connectivity index (χ3v) is 5.67. The van der Waals surface area contributed by atoms with E-state index in [2.05, 4.69) is 10.0 Å². The van der Waals surface area contributed by atoms with Gasteiger partial charge in [-0.2, -0.15) is 11.8 Å². The van der Waals surface area contributed by atoms with E-state index in [9.17, 15) is 8.42 Å². The molecule has 1 aliphatic rings. The quantitative estimate of drug-likeness (QED) is 0.695. The van der Waals surface area contributed by atoms with Crippen molar-refractivity contribution in [3.8, 4) is 0 Å². The highest BCUT2D eigenvalue weighted by Gasteiger charge is 2.24. The topological polar surface area (TPSA) is 80.6 Å². The molecule has 1 aromatic heterocycles. The maximum atomic E-state index is 12.2. The van der Waals surface area contributed by atoms with Crippen LogP contribution in [0.4, 0.5) is 0 Å². The van der Waals surface area contributed by atoms with Crippen LogP contribution in [0.15, 0.2) is 21.6 Å². The summed E-state index contributed by atoms with van der Waals surface area (Å²) in [6.07, 6.45) is 1.74. The van der Waals surface area contributed by atoms with E-state index in [1.165, 1.54) is 6.07 Å². The number of nitrogens with one attached hydrogen (secondary N) is 2. The number of ether oxygens (including phenoxy) is 1. The first kappa shape index (κ1) is 16.8. The smallest absolute Gasteiger partial charge is 0.274 e. The predicted molar refractivity (Wildman–Crippen MR) is 83.0 cm³/mol. The van der Waals surface area contributed by atoms with E-state index in [1.807, 2.05) is 11.8 Å². The Balaban J connectivity index is 1.89. The summed E-state index contributed by atoms with van der Waals surface area (Å²) >= 11 is 1.86. The van der Waals surface area contributed by atoms with Gasteiger partial charge in [0.25, 0.3) is 10.0 Å². The van der Waals surface area contributed by atoms with Crippen molar-refractivity contribution in [1.82, 2.24) is 10.0 Å². The van der Waals surface area contributed by atoms with Crippen molar-refractivity contribution in [3.05, 3.63) is 17.9 Å². The van der Waals surface area contributed by atoms with Crippen molar-refractivity contribution in [3.63, 3.8) is 0 Å². The van der Waals surface area contributed by atoms with Crippen molar-refractivity contribution in [2.75, 3.05) is 31.8 Å². The first-order valence-electron chi connectivity index (χ1n) is 7.00. The maximum Gasteiger partial charge on any atom is 0.274 e. The van der Waals surface area contributed by atoms with Crippen molar-refractivity contribution in [2.24, 2.45) is 0 Å². The number of methoxy groups -OCH3 is 1. The molecule has 0 saturated carbocycles. The Hall–Kier alpha value is -0.540. The first-order valence-corrected chi connectivity index (χ1v) is 9.64. The minimum atomic E-state index is -3.55. The van der Waals surface area contributed by atoms with Gasteiger partial charge in [0.15, 0.2) is 0 Å². The van der Waals surface area contributed by atoms with Gasteiger partial charge < -0.3 is 14.5 Å². The summed E-state index contributed by atoms with van der Waals surface area (Å²) in [5, 5.41) is 3.10. The third-order valence-electron chi connectivity index (χ3n) is 3.23. The fraction of sp³-hybridized carbons (Fsp3) is 0.692. The van der Waals surface area contributed by atoms with Gasteiger partial charge in [-0.1, -0.05) is 0 Å². The molecular weight excluding hydrogens is 312 g/mol. The molecule has 0 aromatic carbocycles. The largest absolute Gasteiger partial charge is 0.447 e. The zero-order chi connectivity index (χ0) is 15.1. The summed E-state index contributed by atoms with van der Waals surface area (Å²) in [6, 6.07) is 3.21. The van der Waals surface area contributed by atoms with Gasteiger partial charge in [-0.05, 0) is 36.5 Å². The molecule has 1 fully saturated rings. The standard InChI is InChI=1S/C13H22N2O4S2/c1-18-7-6-14-10-12-2-3-13(19-12)21(16,17)15-11-4-8-20-9-5-11/h2-3,11,14-15H,4-10H2,1H3. The predicted octanol–water partition coefficient (Wildman–Crippen LogP) is 1.19. The lowest BCUT2D eigenvalue weighted by molar-refractivity contribution is 0.198. The monoisotopic (exact) mass is 334 g/mol. The second-order valence-corrected chi connectivity index (χ2v) is 7.77. The van der Waals surface area contributed by atoms with E-state index >= 15 is 0 Å². The number of sulfonamides is 1. The molecule has 2 N–H and O–H groups in total. The molecule has 2 rings (SSSR count). The molecule has 1 aromatic rings. The van der Waals surface area contributed by atoms with E-state index in [1.54, 1.807) is 13.2 Å². The molecule has 0 spiro atoms. The van der Waals surface area contributed by atoms with Gasteiger partial charge in [-0.25, -0.2) is 13.1 Å². The minimum absolute atomic E-state index is 0.00994. The first-order chi connectivity index (χ1) is 10.1. The fourth-order valence-corrected chi connectivity index (χ4v) is 4.44. The van der Waals surface area contributed by atoms with Crippen molar-refractivity contribution in [1.29, 1.82) is 0 Å². The molecule has 0 atom stereocenters. The van der Waals surface area contributed by atoms with Gasteiger partial charge >= 0.3 is 0 Å². The highest BCUT2D eigenvalue weighted by atomic mass is 32.2. The molecular formula is C13H22N2O4S2. The molecule has 1 aliphatic heterocycles. The summed E-state index contributed by atoms with van der Waals surface area (Å²) in [4.78, 5) is 0. The minimum Gasteiger partial charge on any atom is -0.447 e. The van der Waals surface area contributed by atoms with Crippen molar-refractivity contribution in [2.45, 2.75) is 30.5 Å². The maximum absolute atomic E-state index is 12.2. The van der Waals surface area contributed by atoms with Crippen LogP contribution in [0.2, 0.25) is 0 Å². The van der Waals surface area contributed by atoms with E-state index in [0.29, 0.717) is 25.5 Å². The number of hydrogen-bond donors (Lipinski definition) is 2. The number of hydrogen-bond acceptors (Lipinski definition) is 6. The van der Waals surface area contributed by atoms with Gasteiger partial charge in [0.2, 0.25) is 5.09 Å². The Bertz CT molecular complexity index is 524. The van der Waals surface area contributed by atoms with E-state index in [4.69, 9.17) is 9.15 Å². The Labute approximate surface area is 130 Å². The lowest BCUT2D eigenvalue weighted by atomic mass is 10.2. The SMILES string of the molecule is COCCNCc1ccc(S(=O)(=O)NC2CCSCC2)o1. The zero-order valence-electron chi connectivity index (χ0n) is 12.1. The Kier molecular flexibility index (Phi) is 6.56. The lowest BCUT2D eigenvalue weighted by Gasteiger charge is -2.21. The second kappa shape index (κ2) is 8.19. The van der Waals surface area contributed by atoms with Gasteiger partial charge in [-0.15, -0.1) is 0 Å². The molecule has 0 aliphatic carbocycles. The van der Waals surface area contributed by atoms with Crippen LogP contribution in [0, 0.1) is 0 Å². The average molecular weight is 334 g/mol. The van der Waals surface area contributed by atoms with Crippen LogP contribution in [0.25, 0.3) is 0 Å². The molecule has 1 saturated heterocycles. The molecule has 0 bridgehead atoms. The Morgan fingerprint density at radius 1 is 1.38 bits per heavy atom. The Morgan fingerprint density at radius 2 is 2.14 bits per heavy atom. The summed E-state index contributed by atoms with van der Waals surface area (Å²) in [5.74, 6) is 2.60. The van der Waals surface area contributed by atoms with E-state index in [0.717, 1.165) is 24.3 Å². The molecule has 0 unspecified atom stereocenters. The molecule has 0 amide bonds. The zero-order valence-corrected chi connectivity index (χ0v) is 13.8. The number of furan rings is 1. The second-order valence-electron chi connectivity index (χ2n) is 4.90. The van der Waals surface area contributed by atoms with Gasteiger partial charge in [-0.3, -0.25) is 0 Å². The van der Waals surface area contributed by atoms with Crippen LogP contribution in [-0.4, -0.2) is 46.2 Å². The van der Waals surface area contributed by atoms with Gasteiger partial charge in [0.1, 0.15) is 5.76 Å². The van der Waals surface area contributed by atoms with Crippen LogP contribution < -0.4 is 10.0 Å². The highest BCUT2D eigenvalue weighted by Crippen LogP contribution is 2.20. The van der Waals surface area contributed by atoms with E-state index in [-0.39, 0.29) is 11.1 Å². The van der Waals surface area contributed by atoms with Crippen LogP contribution in [-0.2, 0) is 21.3 Å². The molecule has 0 radical (unpaired) electrons. The Morgan fingerprint density at radius 3 is 2.86 bits per heavy atom. The number of rotatable bonds is 8. The fourth-order valence-electron chi connectivity index (χ4n) is 2.08. The van der Waals surface area contributed by atoms with Crippen LogP contribution in [0.5, 0.6) is 0 Å². The summed E-state index contributed by atoms with van der Waals surface area (Å²) in [5.41, 5.74) is 0. The van der Waals surface area contributed by atoms with Gasteiger partial charge in [0, 0.05) is 19.7 Å². The van der Waals surface area contributed by atoms with Crippen molar-refractivity contribution < 1.29 is 17.6 Å². The summed E-state index contributed by atoms with van der Waals surface area (Å²) < 4.78 is 37.5. The third kappa shape index (κ3) is 5.30. The molecule has 21 heavy (non-hydrogen) atoms. The molecule has 8 heteroatoms. The molecule has 6 nitrogen and oxygen atoms in total. The normalized spacial score (nSPS) is 17.2. The molecule has 120 valence electrons. The van der Waals surface area contributed by atoms with Crippen molar-refractivity contribution >= 4 is 21.8 Å². The van der Waals surface area contributed by atoms with Crippen LogP contribution >= 0.6 is 11.8 Å². The summed E-state index contributed by atoms with van der Waals surface area (Å²) in [7, 11) is -1.92. The lowest BCUT2D eigenvalue weighted by Crippen LogP contribution is -2.37. The highest BCUT2D eigenvalue weighted by molar-refractivity contribution is 7.99.